The van der Waals surface area contributed by atoms with Crippen molar-refractivity contribution in [3.05, 3.63) is 53.6 Å². The maximum absolute atomic E-state index is 9.12. The first-order valence-corrected chi connectivity index (χ1v) is 7.21. The average Bonchev–Trinajstić information content (AvgIpc) is 3.37. The van der Waals surface area contributed by atoms with Crippen LogP contribution in [-0.4, -0.2) is 13.2 Å². The number of methoxy groups -OCH3 is 1. The summed E-state index contributed by atoms with van der Waals surface area (Å²) in [6.07, 6.45) is 2.55. The SMILES string of the molecule is COc1ccc(C#N)cc1-c1ccccc1CNC1CC1. The highest BCUT2D eigenvalue weighted by Crippen LogP contribution is 2.33. The fraction of sp³-hybridized carbons (Fsp3) is 0.278. The second kappa shape index (κ2) is 5.99. The molecule has 0 bridgehead atoms. The highest BCUT2D eigenvalue weighted by Gasteiger charge is 2.20. The molecule has 1 N–H and O–H groups in total. The van der Waals surface area contributed by atoms with Crippen LogP contribution in [0.15, 0.2) is 42.5 Å². The molecule has 0 radical (unpaired) electrons. The van der Waals surface area contributed by atoms with Crippen LogP contribution in [0.3, 0.4) is 0 Å². The molecule has 0 amide bonds. The molecule has 0 spiro atoms. The first-order chi connectivity index (χ1) is 10.3. The van der Waals surface area contributed by atoms with Crippen molar-refractivity contribution in [2.24, 2.45) is 0 Å². The maximum Gasteiger partial charge on any atom is 0.126 e. The summed E-state index contributed by atoms with van der Waals surface area (Å²) in [6.45, 7) is 0.848. The standard InChI is InChI=1S/C18H18N2O/c1-21-18-9-6-13(11-19)10-17(18)16-5-3-2-4-14(16)12-20-15-7-8-15/h2-6,9-10,15,20H,7-8,12H2,1H3. The Kier molecular flexibility index (Phi) is 3.89. The van der Waals surface area contributed by atoms with E-state index in [9.17, 15) is 0 Å². The molecule has 106 valence electrons. The lowest BCUT2D eigenvalue weighted by atomic mass is 9.97. The lowest BCUT2D eigenvalue weighted by molar-refractivity contribution is 0.416. The second-order valence-electron chi connectivity index (χ2n) is 5.34. The van der Waals surface area contributed by atoms with Crippen molar-refractivity contribution in [2.45, 2.75) is 25.4 Å². The zero-order valence-electron chi connectivity index (χ0n) is 12.1. The third-order valence-electron chi connectivity index (χ3n) is 3.79. The smallest absolute Gasteiger partial charge is 0.126 e. The molecule has 0 saturated heterocycles. The molecule has 2 aromatic rings. The van der Waals surface area contributed by atoms with Crippen molar-refractivity contribution in [1.82, 2.24) is 5.32 Å². The van der Waals surface area contributed by atoms with Crippen LogP contribution in [0.4, 0.5) is 0 Å². The molecule has 2 aromatic carbocycles. The number of rotatable bonds is 5. The summed E-state index contributed by atoms with van der Waals surface area (Å²) in [5.41, 5.74) is 3.98. The zero-order valence-corrected chi connectivity index (χ0v) is 12.1. The van der Waals surface area contributed by atoms with Gasteiger partial charge in [-0.15, -0.1) is 0 Å². The molecule has 0 unspecified atom stereocenters. The predicted octanol–water partition coefficient (Wildman–Crippen LogP) is 3.49. The van der Waals surface area contributed by atoms with Crippen LogP contribution in [0.2, 0.25) is 0 Å². The highest BCUT2D eigenvalue weighted by atomic mass is 16.5. The Labute approximate surface area is 125 Å². The Morgan fingerprint density at radius 3 is 2.71 bits per heavy atom. The van der Waals surface area contributed by atoms with Gasteiger partial charge in [-0.25, -0.2) is 0 Å². The first-order valence-electron chi connectivity index (χ1n) is 7.21. The van der Waals surface area contributed by atoms with Crippen LogP contribution in [0, 0.1) is 11.3 Å². The fourth-order valence-electron chi connectivity index (χ4n) is 2.47. The van der Waals surface area contributed by atoms with E-state index in [4.69, 9.17) is 10.00 Å². The van der Waals surface area contributed by atoms with Crippen molar-refractivity contribution >= 4 is 0 Å². The van der Waals surface area contributed by atoms with Gasteiger partial charge < -0.3 is 10.1 Å². The van der Waals surface area contributed by atoms with Gasteiger partial charge in [-0.3, -0.25) is 0 Å². The minimum Gasteiger partial charge on any atom is -0.496 e. The summed E-state index contributed by atoms with van der Waals surface area (Å²) in [5.74, 6) is 0.799. The Bertz CT molecular complexity index is 684. The van der Waals surface area contributed by atoms with E-state index in [0.717, 1.165) is 23.4 Å². The number of nitrogens with zero attached hydrogens (tertiary/aromatic N) is 1. The van der Waals surface area contributed by atoms with Crippen LogP contribution < -0.4 is 10.1 Å². The molecular weight excluding hydrogens is 260 g/mol. The van der Waals surface area contributed by atoms with Gasteiger partial charge in [0, 0.05) is 18.2 Å². The topological polar surface area (TPSA) is 45.0 Å². The Morgan fingerprint density at radius 1 is 1.19 bits per heavy atom. The van der Waals surface area contributed by atoms with Crippen LogP contribution >= 0.6 is 0 Å². The molecule has 0 heterocycles. The average molecular weight is 278 g/mol. The van der Waals surface area contributed by atoms with Gasteiger partial charge in [-0.1, -0.05) is 24.3 Å². The van der Waals surface area contributed by atoms with Gasteiger partial charge in [0.1, 0.15) is 5.75 Å². The quantitative estimate of drug-likeness (QED) is 0.910. The monoisotopic (exact) mass is 278 g/mol. The Morgan fingerprint density at radius 2 is 2.00 bits per heavy atom. The number of nitriles is 1. The van der Waals surface area contributed by atoms with Crippen molar-refractivity contribution < 1.29 is 4.74 Å². The number of nitrogens with one attached hydrogen (secondary N) is 1. The van der Waals surface area contributed by atoms with Gasteiger partial charge in [0.25, 0.3) is 0 Å². The van der Waals surface area contributed by atoms with Crippen LogP contribution in [-0.2, 0) is 6.54 Å². The number of benzene rings is 2. The zero-order chi connectivity index (χ0) is 14.7. The fourth-order valence-corrected chi connectivity index (χ4v) is 2.47. The molecule has 1 aliphatic rings. The van der Waals surface area contributed by atoms with E-state index in [1.54, 1.807) is 13.2 Å². The van der Waals surface area contributed by atoms with E-state index in [2.05, 4.69) is 23.5 Å². The van der Waals surface area contributed by atoms with Crippen LogP contribution in [0.5, 0.6) is 5.75 Å². The molecule has 0 aromatic heterocycles. The summed E-state index contributed by atoms with van der Waals surface area (Å²) in [6, 6.07) is 16.7. The van der Waals surface area contributed by atoms with Crippen molar-refractivity contribution in [1.29, 1.82) is 5.26 Å². The third kappa shape index (κ3) is 3.07. The summed E-state index contributed by atoms with van der Waals surface area (Å²) < 4.78 is 5.46. The summed E-state index contributed by atoms with van der Waals surface area (Å²) >= 11 is 0. The largest absolute Gasteiger partial charge is 0.496 e. The molecule has 3 heteroatoms. The Balaban J connectivity index is 2.00. The molecule has 3 nitrogen and oxygen atoms in total. The maximum atomic E-state index is 9.12. The molecule has 3 rings (SSSR count). The van der Waals surface area contributed by atoms with E-state index < -0.39 is 0 Å². The van der Waals surface area contributed by atoms with Crippen molar-refractivity contribution in [2.75, 3.05) is 7.11 Å². The minimum absolute atomic E-state index is 0.649. The molecular formula is C18H18N2O. The van der Waals surface area contributed by atoms with Gasteiger partial charge in [-0.05, 0) is 42.2 Å². The lowest BCUT2D eigenvalue weighted by Crippen LogP contribution is -2.15. The molecule has 0 aliphatic heterocycles. The summed E-state index contributed by atoms with van der Waals surface area (Å²) in [7, 11) is 1.66. The van der Waals surface area contributed by atoms with Gasteiger partial charge in [0.15, 0.2) is 0 Å². The van der Waals surface area contributed by atoms with Gasteiger partial charge in [0.05, 0.1) is 18.7 Å². The highest BCUT2D eigenvalue weighted by molar-refractivity contribution is 5.74. The summed E-state index contributed by atoms with van der Waals surface area (Å²) in [4.78, 5) is 0. The number of hydrogen-bond acceptors (Lipinski definition) is 3. The van der Waals surface area contributed by atoms with Gasteiger partial charge >= 0.3 is 0 Å². The van der Waals surface area contributed by atoms with Gasteiger partial charge in [-0.2, -0.15) is 5.26 Å². The van der Waals surface area contributed by atoms with E-state index in [1.165, 1.54) is 18.4 Å². The van der Waals surface area contributed by atoms with Crippen LogP contribution in [0.1, 0.15) is 24.0 Å². The second-order valence-corrected chi connectivity index (χ2v) is 5.34. The minimum atomic E-state index is 0.649. The summed E-state index contributed by atoms with van der Waals surface area (Å²) in [5, 5.41) is 12.7. The van der Waals surface area contributed by atoms with E-state index >= 15 is 0 Å². The third-order valence-corrected chi connectivity index (χ3v) is 3.79. The first kappa shape index (κ1) is 13.7. The van der Waals surface area contributed by atoms with Crippen molar-refractivity contribution in [3.8, 4) is 22.9 Å². The molecule has 0 atom stereocenters. The Hall–Kier alpha value is -2.31. The predicted molar refractivity (Wildman–Crippen MR) is 83.0 cm³/mol. The lowest BCUT2D eigenvalue weighted by Gasteiger charge is -2.14. The van der Waals surface area contributed by atoms with Crippen molar-refractivity contribution in [3.63, 3.8) is 0 Å². The van der Waals surface area contributed by atoms with E-state index in [-0.39, 0.29) is 0 Å². The molecule has 1 aliphatic carbocycles. The van der Waals surface area contributed by atoms with Crippen LogP contribution in [0.25, 0.3) is 11.1 Å². The van der Waals surface area contributed by atoms with Gasteiger partial charge in [0.2, 0.25) is 0 Å². The molecule has 1 saturated carbocycles. The van der Waals surface area contributed by atoms with E-state index in [1.807, 2.05) is 24.3 Å². The number of ether oxygens (including phenoxy) is 1. The molecule has 1 fully saturated rings. The van der Waals surface area contributed by atoms with E-state index in [0.29, 0.717) is 11.6 Å². The number of hydrogen-bond donors (Lipinski definition) is 1. The normalized spacial score (nSPS) is 13.7. The molecule has 21 heavy (non-hydrogen) atoms.